The molecule has 1 amide bonds. The molecule has 1 aliphatic heterocycles. The molecule has 108 valence electrons. The van der Waals surface area contributed by atoms with E-state index in [4.69, 9.17) is 16.7 Å². The highest BCUT2D eigenvalue weighted by Crippen LogP contribution is 2.20. The van der Waals surface area contributed by atoms with Crippen LogP contribution >= 0.6 is 11.6 Å². The first-order chi connectivity index (χ1) is 9.51. The fourth-order valence-corrected chi connectivity index (χ4v) is 2.21. The molecule has 1 N–H and O–H groups in total. The molecule has 1 aliphatic rings. The van der Waals surface area contributed by atoms with E-state index in [9.17, 15) is 9.59 Å². The van der Waals surface area contributed by atoms with Crippen molar-refractivity contribution in [3.8, 4) is 0 Å². The van der Waals surface area contributed by atoms with Gasteiger partial charge in [-0.15, -0.1) is 0 Å². The molecule has 0 bridgehead atoms. The molecule has 1 aromatic rings. The second-order valence-electron chi connectivity index (χ2n) is 4.28. The van der Waals surface area contributed by atoms with E-state index in [-0.39, 0.29) is 5.15 Å². The summed E-state index contributed by atoms with van der Waals surface area (Å²) in [5.41, 5.74) is 0.322. The predicted molar refractivity (Wildman–Crippen MR) is 72.4 cm³/mol. The van der Waals surface area contributed by atoms with Crippen molar-refractivity contribution in [2.24, 2.45) is 0 Å². The average molecular weight is 300 g/mol. The summed E-state index contributed by atoms with van der Waals surface area (Å²) >= 11 is 5.90. The number of carbonyl (C=O) groups is 2. The third-order valence-electron chi connectivity index (χ3n) is 3.08. The van der Waals surface area contributed by atoms with Gasteiger partial charge in [0.25, 0.3) is 0 Å². The average Bonchev–Trinajstić information content (AvgIpc) is 2.45. The van der Waals surface area contributed by atoms with E-state index in [2.05, 4.69) is 9.72 Å². The Morgan fingerprint density at radius 1 is 1.30 bits per heavy atom. The van der Waals surface area contributed by atoms with E-state index in [0.29, 0.717) is 37.6 Å². The number of pyridine rings is 1. The lowest BCUT2D eigenvalue weighted by Gasteiger charge is -2.34. The summed E-state index contributed by atoms with van der Waals surface area (Å²) in [6.07, 6.45) is -0.932. The van der Waals surface area contributed by atoms with Crippen LogP contribution < -0.4 is 4.90 Å². The van der Waals surface area contributed by atoms with Gasteiger partial charge in [0.2, 0.25) is 0 Å². The Labute approximate surface area is 120 Å². The monoisotopic (exact) mass is 299 g/mol. The minimum atomic E-state index is -0.932. The van der Waals surface area contributed by atoms with E-state index >= 15 is 0 Å². The summed E-state index contributed by atoms with van der Waals surface area (Å²) in [4.78, 5) is 29.8. The number of carboxylic acid groups (broad SMARTS) is 1. The van der Waals surface area contributed by atoms with Crippen LogP contribution in [0.2, 0.25) is 5.15 Å². The molecular weight excluding hydrogens is 286 g/mol. The minimum Gasteiger partial charge on any atom is -0.465 e. The zero-order chi connectivity index (χ0) is 14.7. The second-order valence-corrected chi connectivity index (χ2v) is 4.67. The molecule has 20 heavy (non-hydrogen) atoms. The summed E-state index contributed by atoms with van der Waals surface area (Å²) < 4.78 is 4.65. The number of ether oxygens (including phenoxy) is 1. The molecule has 8 heteroatoms. The molecule has 1 saturated heterocycles. The summed E-state index contributed by atoms with van der Waals surface area (Å²) in [7, 11) is 1.29. The second kappa shape index (κ2) is 5.96. The number of amides is 1. The highest BCUT2D eigenvalue weighted by Gasteiger charge is 2.22. The number of aromatic nitrogens is 1. The van der Waals surface area contributed by atoms with Crippen molar-refractivity contribution >= 4 is 29.5 Å². The summed E-state index contributed by atoms with van der Waals surface area (Å²) in [6.45, 7) is 1.77. The first-order valence-corrected chi connectivity index (χ1v) is 6.38. The summed E-state index contributed by atoms with van der Waals surface area (Å²) in [5.74, 6) is 0.0580. The van der Waals surface area contributed by atoms with Gasteiger partial charge in [-0.3, -0.25) is 0 Å². The molecule has 2 rings (SSSR count). The van der Waals surface area contributed by atoms with Gasteiger partial charge < -0.3 is 19.6 Å². The third-order valence-corrected chi connectivity index (χ3v) is 3.27. The highest BCUT2D eigenvalue weighted by atomic mass is 35.5. The lowest BCUT2D eigenvalue weighted by atomic mass is 10.2. The Hall–Kier alpha value is -2.02. The molecule has 2 heterocycles. The number of hydrogen-bond donors (Lipinski definition) is 1. The fraction of sp³-hybridized carbons (Fsp3) is 0.417. The Morgan fingerprint density at radius 3 is 2.50 bits per heavy atom. The van der Waals surface area contributed by atoms with Gasteiger partial charge >= 0.3 is 12.1 Å². The van der Waals surface area contributed by atoms with Gasteiger partial charge in [-0.25, -0.2) is 14.6 Å². The van der Waals surface area contributed by atoms with Crippen LogP contribution in [0.5, 0.6) is 0 Å². The number of esters is 1. The largest absolute Gasteiger partial charge is 0.465 e. The molecule has 0 spiro atoms. The van der Waals surface area contributed by atoms with Crippen molar-refractivity contribution in [3.63, 3.8) is 0 Å². The fourth-order valence-electron chi connectivity index (χ4n) is 2.01. The molecule has 0 aliphatic carbocycles. The van der Waals surface area contributed by atoms with Crippen molar-refractivity contribution in [2.75, 3.05) is 38.2 Å². The molecule has 7 nitrogen and oxygen atoms in total. The van der Waals surface area contributed by atoms with Gasteiger partial charge in [0.15, 0.2) is 0 Å². The van der Waals surface area contributed by atoms with E-state index in [1.807, 2.05) is 4.90 Å². The number of carbonyl (C=O) groups excluding carboxylic acids is 1. The van der Waals surface area contributed by atoms with Gasteiger partial charge in [0.05, 0.1) is 12.7 Å². The lowest BCUT2D eigenvalue weighted by molar-refractivity contribution is 0.0600. The third kappa shape index (κ3) is 3.11. The van der Waals surface area contributed by atoms with Crippen molar-refractivity contribution in [1.29, 1.82) is 0 Å². The summed E-state index contributed by atoms with van der Waals surface area (Å²) in [5, 5.41) is 9.10. The van der Waals surface area contributed by atoms with Gasteiger partial charge in [-0.2, -0.15) is 0 Å². The predicted octanol–water partition coefficient (Wildman–Crippen LogP) is 1.32. The molecule has 1 aromatic heterocycles. The van der Waals surface area contributed by atoms with Crippen LogP contribution in [0.15, 0.2) is 12.1 Å². The maximum absolute atomic E-state index is 11.5. The maximum Gasteiger partial charge on any atom is 0.407 e. The maximum atomic E-state index is 11.5. The summed E-state index contributed by atoms with van der Waals surface area (Å²) in [6, 6.07) is 3.03. The van der Waals surface area contributed by atoms with Crippen molar-refractivity contribution in [1.82, 2.24) is 9.88 Å². The van der Waals surface area contributed by atoms with Gasteiger partial charge in [0.1, 0.15) is 11.0 Å². The number of nitrogens with zero attached hydrogens (tertiary/aromatic N) is 3. The van der Waals surface area contributed by atoms with Gasteiger partial charge in [0, 0.05) is 26.2 Å². The number of halogens is 1. The van der Waals surface area contributed by atoms with E-state index in [1.54, 1.807) is 6.07 Å². The van der Waals surface area contributed by atoms with E-state index in [0.717, 1.165) is 0 Å². The van der Waals surface area contributed by atoms with Crippen LogP contribution in [0.1, 0.15) is 10.4 Å². The number of piperazine rings is 1. The van der Waals surface area contributed by atoms with Crippen LogP contribution in [-0.2, 0) is 4.74 Å². The number of rotatable bonds is 2. The van der Waals surface area contributed by atoms with Gasteiger partial charge in [-0.1, -0.05) is 11.6 Å². The lowest BCUT2D eigenvalue weighted by Crippen LogP contribution is -2.48. The Balaban J connectivity index is 2.15. The van der Waals surface area contributed by atoms with Crippen molar-refractivity contribution < 1.29 is 19.4 Å². The SMILES string of the molecule is COC(=O)c1cc(Cl)nc(N2CCN(C(=O)O)CC2)c1. The van der Waals surface area contributed by atoms with Gasteiger partial charge in [-0.05, 0) is 12.1 Å². The van der Waals surface area contributed by atoms with Crippen LogP contribution in [0.3, 0.4) is 0 Å². The van der Waals surface area contributed by atoms with Crippen LogP contribution in [-0.4, -0.2) is 60.3 Å². The zero-order valence-corrected chi connectivity index (χ0v) is 11.6. The normalized spacial score (nSPS) is 15.1. The number of methoxy groups -OCH3 is 1. The van der Waals surface area contributed by atoms with Crippen molar-refractivity contribution in [2.45, 2.75) is 0 Å². The van der Waals surface area contributed by atoms with Crippen LogP contribution in [0, 0.1) is 0 Å². The minimum absolute atomic E-state index is 0.198. The molecule has 0 atom stereocenters. The molecule has 0 unspecified atom stereocenters. The number of hydrogen-bond acceptors (Lipinski definition) is 5. The van der Waals surface area contributed by atoms with Crippen LogP contribution in [0.25, 0.3) is 0 Å². The zero-order valence-electron chi connectivity index (χ0n) is 10.9. The molecular formula is C12H14ClN3O4. The smallest absolute Gasteiger partial charge is 0.407 e. The first kappa shape index (κ1) is 14.4. The van der Waals surface area contributed by atoms with E-state index < -0.39 is 12.1 Å². The topological polar surface area (TPSA) is 83.0 Å². The first-order valence-electron chi connectivity index (χ1n) is 6.00. The standard InChI is InChI=1S/C12H14ClN3O4/c1-20-11(17)8-6-9(13)14-10(7-8)15-2-4-16(5-3-15)12(18)19/h6-7H,2-5H2,1H3,(H,18,19). The quantitative estimate of drug-likeness (QED) is 0.655. The van der Waals surface area contributed by atoms with Crippen molar-refractivity contribution in [3.05, 3.63) is 22.8 Å². The van der Waals surface area contributed by atoms with E-state index in [1.165, 1.54) is 18.1 Å². The molecule has 1 fully saturated rings. The molecule has 0 saturated carbocycles. The Bertz CT molecular complexity index is 529. The highest BCUT2D eigenvalue weighted by molar-refractivity contribution is 6.29. The van der Waals surface area contributed by atoms with Crippen LogP contribution in [0.4, 0.5) is 10.6 Å². The number of anilines is 1. The molecule has 0 aromatic carbocycles. The Morgan fingerprint density at radius 2 is 1.95 bits per heavy atom. The molecule has 0 radical (unpaired) electrons. The Kier molecular flexibility index (Phi) is 4.29.